The smallest absolute Gasteiger partial charge is 0.213 e. The van der Waals surface area contributed by atoms with Gasteiger partial charge in [-0.2, -0.15) is 0 Å². The minimum absolute atomic E-state index is 0.415. The third-order valence-electron chi connectivity index (χ3n) is 3.37. The topological polar surface area (TPSA) is 34.1 Å². The molecule has 1 atom stereocenters. The number of aromatic nitrogens is 1. The maximum atomic E-state index is 5.08. The molecule has 0 saturated heterocycles. The molecule has 3 rings (SSSR count). The summed E-state index contributed by atoms with van der Waals surface area (Å²) in [6.07, 6.45) is 5.50. The Bertz CT molecular complexity index is 567. The number of nitrogens with one attached hydrogen (secondary N) is 1. The summed E-state index contributed by atoms with van der Waals surface area (Å²) in [5.74, 6) is 0.653. The van der Waals surface area contributed by atoms with Gasteiger partial charge >= 0.3 is 0 Å². The van der Waals surface area contributed by atoms with Crippen LogP contribution >= 0.6 is 33.9 Å². The summed E-state index contributed by atoms with van der Waals surface area (Å²) in [6.45, 7) is 0. The second-order valence-electron chi connectivity index (χ2n) is 4.61. The second-order valence-corrected chi connectivity index (χ2v) is 7.64. The first kappa shape index (κ1) is 13.2. The fraction of sp³-hybridized carbons (Fsp3) is 0.357. The Morgan fingerprint density at radius 3 is 3.11 bits per heavy atom. The van der Waals surface area contributed by atoms with Crippen molar-refractivity contribution < 1.29 is 4.74 Å². The van der Waals surface area contributed by atoms with Crippen molar-refractivity contribution in [3.8, 4) is 5.88 Å². The highest BCUT2D eigenvalue weighted by Crippen LogP contribution is 2.38. The second kappa shape index (κ2) is 5.66. The number of pyridine rings is 1. The first-order chi connectivity index (χ1) is 9.26. The highest BCUT2D eigenvalue weighted by Gasteiger charge is 2.22. The van der Waals surface area contributed by atoms with E-state index < -0.39 is 0 Å². The number of thiophene rings is 1. The lowest BCUT2D eigenvalue weighted by atomic mass is 9.94. The largest absolute Gasteiger partial charge is 0.481 e. The van der Waals surface area contributed by atoms with Crippen LogP contribution in [-0.4, -0.2) is 12.1 Å². The normalized spacial score (nSPS) is 17.9. The van der Waals surface area contributed by atoms with Crippen LogP contribution < -0.4 is 10.1 Å². The van der Waals surface area contributed by atoms with Crippen molar-refractivity contribution in [3.05, 3.63) is 37.7 Å². The van der Waals surface area contributed by atoms with Crippen molar-refractivity contribution in [2.24, 2.45) is 0 Å². The average molecular weight is 386 g/mol. The van der Waals surface area contributed by atoms with Gasteiger partial charge in [-0.1, -0.05) is 0 Å². The Morgan fingerprint density at radius 2 is 2.37 bits per heavy atom. The molecular formula is C14H15IN2OS. The van der Waals surface area contributed by atoms with Crippen LogP contribution in [0.15, 0.2) is 24.4 Å². The predicted octanol–water partition coefficient (Wildman–Crippen LogP) is 4.25. The molecule has 19 heavy (non-hydrogen) atoms. The number of fused-ring (bicyclic) bond motifs is 1. The monoisotopic (exact) mass is 386 g/mol. The van der Waals surface area contributed by atoms with E-state index in [-0.39, 0.29) is 0 Å². The fourth-order valence-corrected chi connectivity index (χ4v) is 4.58. The van der Waals surface area contributed by atoms with Crippen LogP contribution in [0.25, 0.3) is 0 Å². The van der Waals surface area contributed by atoms with Gasteiger partial charge in [0, 0.05) is 10.9 Å². The molecule has 0 bridgehead atoms. The van der Waals surface area contributed by atoms with Gasteiger partial charge < -0.3 is 10.1 Å². The molecular weight excluding hydrogens is 371 g/mol. The first-order valence-electron chi connectivity index (χ1n) is 6.31. The molecule has 0 saturated carbocycles. The van der Waals surface area contributed by atoms with Crippen molar-refractivity contribution in [1.29, 1.82) is 0 Å². The molecule has 0 amide bonds. The number of aryl methyl sites for hydroxylation is 1. The van der Waals surface area contributed by atoms with Crippen LogP contribution in [0, 0.1) is 2.88 Å². The minimum atomic E-state index is 0.415. The van der Waals surface area contributed by atoms with Gasteiger partial charge in [-0.05, 0) is 59.5 Å². The maximum Gasteiger partial charge on any atom is 0.213 e. The van der Waals surface area contributed by atoms with Gasteiger partial charge in [0.2, 0.25) is 5.88 Å². The van der Waals surface area contributed by atoms with Crippen LogP contribution in [0.1, 0.15) is 29.3 Å². The van der Waals surface area contributed by atoms with E-state index in [4.69, 9.17) is 4.74 Å². The molecule has 1 aliphatic rings. The number of rotatable bonds is 3. The fourth-order valence-electron chi connectivity index (χ4n) is 2.46. The third-order valence-corrected chi connectivity index (χ3v) is 5.34. The van der Waals surface area contributed by atoms with Crippen LogP contribution in [0.2, 0.25) is 0 Å². The minimum Gasteiger partial charge on any atom is -0.481 e. The number of hydrogen-bond donors (Lipinski definition) is 1. The molecule has 3 nitrogen and oxygen atoms in total. The lowest BCUT2D eigenvalue weighted by Gasteiger charge is -2.24. The first-order valence-corrected chi connectivity index (χ1v) is 8.20. The van der Waals surface area contributed by atoms with Crippen molar-refractivity contribution in [2.45, 2.75) is 25.3 Å². The Kier molecular flexibility index (Phi) is 3.93. The van der Waals surface area contributed by atoms with E-state index in [1.165, 1.54) is 32.6 Å². The number of methoxy groups -OCH3 is 1. The van der Waals surface area contributed by atoms with E-state index in [0.29, 0.717) is 11.9 Å². The van der Waals surface area contributed by atoms with E-state index in [1.54, 1.807) is 7.11 Å². The zero-order valence-corrected chi connectivity index (χ0v) is 13.6. The molecule has 0 aliphatic heterocycles. The molecule has 2 heterocycles. The van der Waals surface area contributed by atoms with Gasteiger partial charge in [0.1, 0.15) is 0 Å². The maximum absolute atomic E-state index is 5.08. The van der Waals surface area contributed by atoms with E-state index >= 15 is 0 Å². The Morgan fingerprint density at radius 1 is 1.47 bits per heavy atom. The van der Waals surface area contributed by atoms with Crippen LogP contribution in [0.4, 0.5) is 5.69 Å². The van der Waals surface area contributed by atoms with E-state index in [1.807, 2.05) is 29.7 Å². The molecule has 5 heteroatoms. The molecule has 0 spiro atoms. The van der Waals surface area contributed by atoms with Crippen molar-refractivity contribution in [1.82, 2.24) is 4.98 Å². The molecule has 2 aromatic heterocycles. The summed E-state index contributed by atoms with van der Waals surface area (Å²) in [6, 6.07) is 6.65. The number of anilines is 1. The summed E-state index contributed by atoms with van der Waals surface area (Å²) >= 11 is 4.33. The molecule has 1 N–H and O–H groups in total. The summed E-state index contributed by atoms with van der Waals surface area (Å²) < 4.78 is 6.46. The van der Waals surface area contributed by atoms with Gasteiger partial charge in [-0.15, -0.1) is 11.3 Å². The van der Waals surface area contributed by atoms with E-state index in [0.717, 1.165) is 5.69 Å². The number of nitrogens with zero attached hydrogens (tertiary/aromatic N) is 1. The molecule has 0 radical (unpaired) electrons. The van der Waals surface area contributed by atoms with Crippen LogP contribution in [0.5, 0.6) is 5.88 Å². The lowest BCUT2D eigenvalue weighted by Crippen LogP contribution is -2.15. The lowest BCUT2D eigenvalue weighted by molar-refractivity contribution is 0.398. The quantitative estimate of drug-likeness (QED) is 0.802. The summed E-state index contributed by atoms with van der Waals surface area (Å²) in [5.41, 5.74) is 2.52. The SMILES string of the molecule is COc1ccc(NC2CCCc3sc(I)cc32)cn1. The Hall–Kier alpha value is -0.820. The van der Waals surface area contributed by atoms with Crippen molar-refractivity contribution in [2.75, 3.05) is 12.4 Å². The number of ether oxygens (including phenoxy) is 1. The van der Waals surface area contributed by atoms with Gasteiger partial charge in [0.25, 0.3) is 0 Å². The van der Waals surface area contributed by atoms with Gasteiger partial charge in [0.15, 0.2) is 0 Å². The van der Waals surface area contributed by atoms with Crippen molar-refractivity contribution in [3.63, 3.8) is 0 Å². The zero-order chi connectivity index (χ0) is 13.2. The zero-order valence-electron chi connectivity index (χ0n) is 10.6. The highest BCUT2D eigenvalue weighted by atomic mass is 127. The molecule has 0 aromatic carbocycles. The van der Waals surface area contributed by atoms with Gasteiger partial charge in [0.05, 0.1) is 27.9 Å². The molecule has 0 fully saturated rings. The molecule has 1 aliphatic carbocycles. The van der Waals surface area contributed by atoms with Crippen LogP contribution in [0.3, 0.4) is 0 Å². The molecule has 2 aromatic rings. The summed E-state index contributed by atoms with van der Waals surface area (Å²) in [7, 11) is 1.64. The average Bonchev–Trinajstić information content (AvgIpc) is 2.81. The Labute approximate surface area is 130 Å². The van der Waals surface area contributed by atoms with Crippen LogP contribution in [-0.2, 0) is 6.42 Å². The molecule has 1 unspecified atom stereocenters. The standard InChI is InChI=1S/C14H15IN2OS/c1-18-14-6-5-9(8-16-14)17-11-3-2-4-12-10(11)7-13(15)19-12/h5-8,11,17H,2-4H2,1H3. The predicted molar refractivity (Wildman–Crippen MR) is 87.1 cm³/mol. The van der Waals surface area contributed by atoms with Gasteiger partial charge in [-0.3, -0.25) is 0 Å². The van der Waals surface area contributed by atoms with Crippen molar-refractivity contribution >= 4 is 39.6 Å². The van der Waals surface area contributed by atoms with E-state index in [9.17, 15) is 0 Å². The third kappa shape index (κ3) is 2.86. The van der Waals surface area contributed by atoms with E-state index in [2.05, 4.69) is 39.0 Å². The van der Waals surface area contributed by atoms with Gasteiger partial charge in [-0.25, -0.2) is 4.98 Å². The summed E-state index contributed by atoms with van der Waals surface area (Å²) in [4.78, 5) is 5.78. The molecule has 100 valence electrons. The Balaban J connectivity index is 1.79. The number of halogens is 1. The highest BCUT2D eigenvalue weighted by molar-refractivity contribution is 14.1. The summed E-state index contributed by atoms with van der Waals surface area (Å²) in [5, 5.41) is 3.59. The number of hydrogen-bond acceptors (Lipinski definition) is 4.